The number of anilines is 1. The lowest BCUT2D eigenvalue weighted by molar-refractivity contribution is -0.110. The van der Waals surface area contributed by atoms with Gasteiger partial charge in [-0.05, 0) is 17.7 Å². The van der Waals surface area contributed by atoms with Crippen molar-refractivity contribution in [3.05, 3.63) is 44.9 Å². The van der Waals surface area contributed by atoms with E-state index in [1.807, 2.05) is 0 Å². The fourth-order valence-corrected chi connectivity index (χ4v) is 4.76. The SMILES string of the molecule is O=C(NCc1ccc(Cl)c(Cl)c1)Nc1nc(CN=C2CS(O)(O)CC2=O)cs1. The highest BCUT2D eigenvalue weighted by Crippen LogP contribution is 2.43. The molecule has 0 saturated carbocycles. The molecule has 1 aromatic heterocycles. The minimum absolute atomic E-state index is 0.113. The number of carbonyl (C=O) groups is 2. The van der Waals surface area contributed by atoms with E-state index in [-0.39, 0.29) is 36.1 Å². The van der Waals surface area contributed by atoms with Gasteiger partial charge in [-0.25, -0.2) is 9.78 Å². The summed E-state index contributed by atoms with van der Waals surface area (Å²) in [7, 11) is -2.87. The summed E-state index contributed by atoms with van der Waals surface area (Å²) in [5, 5.41) is 8.24. The van der Waals surface area contributed by atoms with Crippen molar-refractivity contribution in [2.75, 3.05) is 16.8 Å². The molecule has 2 heterocycles. The second-order valence-corrected chi connectivity index (χ2v) is 9.83. The van der Waals surface area contributed by atoms with Crippen molar-refractivity contribution in [3.8, 4) is 0 Å². The highest BCUT2D eigenvalue weighted by atomic mass is 35.5. The third-order valence-corrected chi connectivity index (χ3v) is 6.70. The van der Waals surface area contributed by atoms with Crippen LogP contribution in [-0.4, -0.2) is 43.1 Å². The summed E-state index contributed by atoms with van der Waals surface area (Å²) in [4.78, 5) is 32.0. The van der Waals surface area contributed by atoms with Gasteiger partial charge in [-0.15, -0.1) is 11.3 Å². The molecule has 1 fully saturated rings. The largest absolute Gasteiger partial charge is 0.334 e. The molecule has 0 unspecified atom stereocenters. The van der Waals surface area contributed by atoms with Crippen molar-refractivity contribution in [2.45, 2.75) is 13.1 Å². The first-order valence-electron chi connectivity index (χ1n) is 7.95. The first kappa shape index (κ1) is 21.0. The van der Waals surface area contributed by atoms with Gasteiger partial charge in [-0.2, -0.15) is 10.6 Å². The van der Waals surface area contributed by atoms with Gasteiger partial charge in [0.2, 0.25) is 0 Å². The number of carbonyl (C=O) groups excluding carboxylic acids is 2. The van der Waals surface area contributed by atoms with E-state index in [1.54, 1.807) is 23.6 Å². The molecule has 0 spiro atoms. The minimum atomic E-state index is -2.87. The average Bonchev–Trinajstić information content (AvgIpc) is 3.16. The lowest BCUT2D eigenvalue weighted by Gasteiger charge is -2.22. The highest BCUT2D eigenvalue weighted by Gasteiger charge is 2.32. The molecule has 8 nitrogen and oxygen atoms in total. The van der Waals surface area contributed by atoms with Gasteiger partial charge in [-0.1, -0.05) is 29.3 Å². The van der Waals surface area contributed by atoms with Crippen LogP contribution in [0, 0.1) is 0 Å². The number of benzene rings is 1. The number of aromatic nitrogens is 1. The number of halogens is 2. The van der Waals surface area contributed by atoms with Crippen LogP contribution in [0.1, 0.15) is 11.3 Å². The van der Waals surface area contributed by atoms with Crippen molar-refractivity contribution in [2.24, 2.45) is 4.99 Å². The zero-order chi connectivity index (χ0) is 20.3. The van der Waals surface area contributed by atoms with Crippen LogP contribution in [-0.2, 0) is 17.9 Å². The zero-order valence-corrected chi connectivity index (χ0v) is 17.5. The quantitative estimate of drug-likeness (QED) is 0.533. The minimum Gasteiger partial charge on any atom is -0.334 e. The van der Waals surface area contributed by atoms with Crippen molar-refractivity contribution in [1.82, 2.24) is 10.3 Å². The van der Waals surface area contributed by atoms with E-state index in [2.05, 4.69) is 20.6 Å². The fraction of sp³-hybridized carbons (Fsp3) is 0.250. The summed E-state index contributed by atoms with van der Waals surface area (Å²) < 4.78 is 19.1. The molecule has 0 aliphatic carbocycles. The number of hydrogen-bond donors (Lipinski definition) is 4. The summed E-state index contributed by atoms with van der Waals surface area (Å²) in [5.74, 6) is -0.734. The van der Waals surface area contributed by atoms with Gasteiger partial charge in [0.25, 0.3) is 0 Å². The molecule has 28 heavy (non-hydrogen) atoms. The van der Waals surface area contributed by atoms with E-state index in [0.29, 0.717) is 20.9 Å². The van der Waals surface area contributed by atoms with E-state index >= 15 is 0 Å². The normalized spacial score (nSPS) is 18.3. The third kappa shape index (κ3) is 5.66. The number of amides is 2. The number of urea groups is 1. The van der Waals surface area contributed by atoms with Gasteiger partial charge < -0.3 is 5.32 Å². The zero-order valence-electron chi connectivity index (χ0n) is 14.3. The van der Waals surface area contributed by atoms with Gasteiger partial charge in [0.05, 0.1) is 33.7 Å². The predicted octanol–water partition coefficient (Wildman–Crippen LogP) is 4.05. The molecule has 1 aliphatic rings. The molecule has 1 aliphatic heterocycles. The number of rotatable bonds is 5. The molecular weight excluding hydrogens is 447 g/mol. The summed E-state index contributed by atoms with van der Waals surface area (Å²) in [6.07, 6.45) is 0. The van der Waals surface area contributed by atoms with Crippen LogP contribution in [0.5, 0.6) is 0 Å². The summed E-state index contributed by atoms with van der Waals surface area (Å²) >= 11 is 13.0. The second-order valence-electron chi connectivity index (χ2n) is 5.98. The molecule has 150 valence electrons. The van der Waals surface area contributed by atoms with Crippen LogP contribution in [0.15, 0.2) is 28.6 Å². The molecule has 0 bridgehead atoms. The topological polar surface area (TPSA) is 124 Å². The Labute approximate surface area is 176 Å². The van der Waals surface area contributed by atoms with Crippen molar-refractivity contribution < 1.29 is 18.7 Å². The third-order valence-electron chi connectivity index (χ3n) is 3.69. The van der Waals surface area contributed by atoms with Gasteiger partial charge in [0.15, 0.2) is 10.9 Å². The van der Waals surface area contributed by atoms with Crippen molar-refractivity contribution in [1.29, 1.82) is 0 Å². The first-order chi connectivity index (χ1) is 13.2. The lowest BCUT2D eigenvalue weighted by Crippen LogP contribution is -2.28. The van der Waals surface area contributed by atoms with Crippen LogP contribution < -0.4 is 10.6 Å². The molecule has 2 aromatic rings. The Morgan fingerprint density at radius 1 is 1.29 bits per heavy atom. The summed E-state index contributed by atoms with van der Waals surface area (Å²) in [6, 6.07) is 4.65. The molecule has 1 saturated heterocycles. The smallest absolute Gasteiger partial charge is 0.321 e. The summed E-state index contributed by atoms with van der Waals surface area (Å²) in [5.41, 5.74) is 1.53. The highest BCUT2D eigenvalue weighted by molar-refractivity contribution is 8.26. The number of Topliss-reactive ketones (excluding diaryl/α,β-unsaturated/α-hetero) is 1. The van der Waals surface area contributed by atoms with Gasteiger partial charge in [0, 0.05) is 11.9 Å². The number of nitrogens with zero attached hydrogens (tertiary/aromatic N) is 2. The maximum atomic E-state index is 12.0. The Balaban J connectivity index is 1.50. The fourth-order valence-electron chi connectivity index (χ4n) is 2.36. The van der Waals surface area contributed by atoms with Gasteiger partial charge >= 0.3 is 6.03 Å². The van der Waals surface area contributed by atoms with Crippen LogP contribution >= 0.6 is 45.1 Å². The first-order valence-corrected chi connectivity index (χ1v) is 11.5. The van der Waals surface area contributed by atoms with E-state index in [0.717, 1.165) is 5.56 Å². The molecule has 12 heteroatoms. The molecule has 3 rings (SSSR count). The average molecular weight is 463 g/mol. The van der Waals surface area contributed by atoms with Crippen LogP contribution in [0.3, 0.4) is 0 Å². The number of nitrogens with one attached hydrogen (secondary N) is 2. The molecule has 1 aromatic carbocycles. The Hall–Kier alpha value is -1.69. The van der Waals surface area contributed by atoms with Crippen molar-refractivity contribution in [3.63, 3.8) is 0 Å². The van der Waals surface area contributed by atoms with E-state index in [9.17, 15) is 18.7 Å². The Kier molecular flexibility index (Phi) is 6.58. The number of thiazole rings is 1. The lowest BCUT2D eigenvalue weighted by atomic mass is 10.2. The Morgan fingerprint density at radius 2 is 2.07 bits per heavy atom. The maximum absolute atomic E-state index is 12.0. The number of aliphatic imine (C=N–C) groups is 1. The number of hydrogen-bond acceptors (Lipinski definition) is 7. The van der Waals surface area contributed by atoms with Crippen LogP contribution in [0.2, 0.25) is 10.0 Å². The molecular formula is C16H16Cl2N4O4S2. The van der Waals surface area contributed by atoms with Crippen molar-refractivity contribution >= 4 is 67.8 Å². The monoisotopic (exact) mass is 462 g/mol. The molecule has 0 radical (unpaired) electrons. The Bertz CT molecular complexity index is 948. The molecule has 4 N–H and O–H groups in total. The van der Waals surface area contributed by atoms with E-state index < -0.39 is 16.6 Å². The Morgan fingerprint density at radius 3 is 2.75 bits per heavy atom. The number of ketones is 1. The van der Waals surface area contributed by atoms with Gasteiger partial charge in [0.1, 0.15) is 5.75 Å². The second kappa shape index (κ2) is 8.76. The standard InChI is InChI=1S/C16H16Cl2N4O4S2/c17-11-2-1-9(3-12(11)18)4-20-15(24)22-16-21-10(6-27-16)5-19-13-7-28(25,26)8-14(13)23/h1-3,6,25-26H,4-5,7-8H2,(H2,20,21,22,24). The molecule has 2 amide bonds. The maximum Gasteiger partial charge on any atom is 0.321 e. The van der Waals surface area contributed by atoms with E-state index in [4.69, 9.17) is 23.2 Å². The van der Waals surface area contributed by atoms with Gasteiger partial charge in [-0.3, -0.25) is 24.2 Å². The van der Waals surface area contributed by atoms with E-state index in [1.165, 1.54) is 11.3 Å². The predicted molar refractivity (Wildman–Crippen MR) is 113 cm³/mol. The summed E-state index contributed by atoms with van der Waals surface area (Å²) in [6.45, 7) is 0.392. The van der Waals surface area contributed by atoms with Crippen LogP contribution in [0.4, 0.5) is 9.93 Å². The van der Waals surface area contributed by atoms with Crippen LogP contribution in [0.25, 0.3) is 0 Å². The molecule has 0 atom stereocenters.